The fourth-order valence-electron chi connectivity index (χ4n) is 1.42. The SMILES string of the molecule is Fc1cccnc1Cn1ccc(N2CS2)n1. The van der Waals surface area contributed by atoms with Crippen LogP contribution in [0.25, 0.3) is 0 Å². The predicted octanol–water partition coefficient (Wildman–Crippen LogP) is 1.89. The molecule has 6 heteroatoms. The van der Waals surface area contributed by atoms with Gasteiger partial charge in [0.2, 0.25) is 0 Å². The average Bonchev–Trinajstić information content (AvgIpc) is 3.03. The van der Waals surface area contributed by atoms with Crippen molar-refractivity contribution in [1.29, 1.82) is 0 Å². The third kappa shape index (κ3) is 1.88. The first kappa shape index (κ1) is 9.65. The van der Waals surface area contributed by atoms with Crippen LogP contribution in [0.4, 0.5) is 10.2 Å². The maximum absolute atomic E-state index is 13.3. The number of hydrogen-bond donors (Lipinski definition) is 0. The zero-order valence-corrected chi connectivity index (χ0v) is 9.19. The Kier molecular flexibility index (Phi) is 2.28. The molecule has 0 unspecified atom stereocenters. The number of aromatic nitrogens is 3. The second kappa shape index (κ2) is 3.79. The van der Waals surface area contributed by atoms with Crippen LogP contribution in [0.15, 0.2) is 30.6 Å². The molecule has 3 heterocycles. The van der Waals surface area contributed by atoms with Gasteiger partial charge in [0.05, 0.1) is 18.1 Å². The summed E-state index contributed by atoms with van der Waals surface area (Å²) >= 11 is 1.71. The van der Waals surface area contributed by atoms with Gasteiger partial charge in [-0.1, -0.05) is 0 Å². The van der Waals surface area contributed by atoms with Crippen LogP contribution in [0, 0.1) is 5.82 Å². The Balaban J connectivity index is 1.80. The van der Waals surface area contributed by atoms with Gasteiger partial charge < -0.3 is 0 Å². The third-order valence-electron chi connectivity index (χ3n) is 2.29. The molecule has 2 aromatic rings. The Morgan fingerprint density at radius 2 is 2.31 bits per heavy atom. The molecule has 0 amide bonds. The summed E-state index contributed by atoms with van der Waals surface area (Å²) in [6, 6.07) is 4.91. The van der Waals surface area contributed by atoms with Gasteiger partial charge >= 0.3 is 0 Å². The van der Waals surface area contributed by atoms with Gasteiger partial charge in [-0.2, -0.15) is 5.10 Å². The second-order valence-corrected chi connectivity index (χ2v) is 4.40. The van der Waals surface area contributed by atoms with Crippen LogP contribution >= 0.6 is 11.9 Å². The zero-order chi connectivity index (χ0) is 11.0. The third-order valence-corrected chi connectivity index (χ3v) is 2.99. The molecule has 1 aliphatic rings. The molecule has 1 aliphatic heterocycles. The van der Waals surface area contributed by atoms with E-state index in [1.807, 2.05) is 12.3 Å². The summed E-state index contributed by atoms with van der Waals surface area (Å²) in [5.41, 5.74) is 0.413. The first-order valence-corrected chi connectivity index (χ1v) is 5.80. The molecule has 0 N–H and O–H groups in total. The van der Waals surface area contributed by atoms with Crippen LogP contribution < -0.4 is 4.31 Å². The van der Waals surface area contributed by atoms with Crippen LogP contribution in [0.5, 0.6) is 0 Å². The van der Waals surface area contributed by atoms with E-state index < -0.39 is 0 Å². The molecule has 1 fully saturated rings. The van der Waals surface area contributed by atoms with Gasteiger partial charge in [0.1, 0.15) is 5.82 Å². The van der Waals surface area contributed by atoms with Gasteiger partial charge in [-0.25, -0.2) is 4.39 Å². The van der Waals surface area contributed by atoms with Crippen molar-refractivity contribution in [2.75, 3.05) is 10.2 Å². The van der Waals surface area contributed by atoms with E-state index in [1.54, 1.807) is 28.9 Å². The number of nitrogens with zero attached hydrogens (tertiary/aromatic N) is 4. The maximum Gasteiger partial charge on any atom is 0.161 e. The van der Waals surface area contributed by atoms with E-state index in [4.69, 9.17) is 0 Å². The van der Waals surface area contributed by atoms with Crippen LogP contribution in [0.2, 0.25) is 0 Å². The lowest BCUT2D eigenvalue weighted by Crippen LogP contribution is -2.05. The van der Waals surface area contributed by atoms with Crippen molar-refractivity contribution in [3.63, 3.8) is 0 Å². The summed E-state index contributed by atoms with van der Waals surface area (Å²) in [5, 5.41) is 4.32. The summed E-state index contributed by atoms with van der Waals surface area (Å²) < 4.78 is 17.1. The first-order chi connectivity index (χ1) is 7.83. The molecular weight excluding hydrogens is 227 g/mol. The summed E-state index contributed by atoms with van der Waals surface area (Å²) in [5.74, 6) is 1.61. The Morgan fingerprint density at radius 1 is 1.44 bits per heavy atom. The van der Waals surface area contributed by atoms with E-state index in [9.17, 15) is 4.39 Å². The van der Waals surface area contributed by atoms with Crippen molar-refractivity contribution >= 4 is 17.8 Å². The Labute approximate surface area is 96.2 Å². The summed E-state index contributed by atoms with van der Waals surface area (Å²) in [4.78, 5) is 3.99. The van der Waals surface area contributed by atoms with E-state index in [2.05, 4.69) is 14.4 Å². The number of hydrogen-bond acceptors (Lipinski definition) is 4. The van der Waals surface area contributed by atoms with Crippen LogP contribution in [-0.2, 0) is 6.54 Å². The lowest BCUT2D eigenvalue weighted by molar-refractivity contribution is 0.571. The molecule has 4 nitrogen and oxygen atoms in total. The first-order valence-electron chi connectivity index (χ1n) is 4.86. The molecule has 0 atom stereocenters. The van der Waals surface area contributed by atoms with Gasteiger partial charge in [-0.3, -0.25) is 14.0 Å². The molecule has 0 aromatic carbocycles. The zero-order valence-electron chi connectivity index (χ0n) is 8.38. The monoisotopic (exact) mass is 236 g/mol. The summed E-state index contributed by atoms with van der Waals surface area (Å²) in [7, 11) is 0. The lowest BCUT2D eigenvalue weighted by atomic mass is 10.3. The van der Waals surface area contributed by atoms with E-state index >= 15 is 0 Å². The number of halogens is 1. The molecule has 1 saturated heterocycles. The van der Waals surface area contributed by atoms with Crippen molar-refractivity contribution in [3.8, 4) is 0 Å². The Morgan fingerprint density at radius 3 is 3.06 bits per heavy atom. The van der Waals surface area contributed by atoms with Gasteiger partial charge in [0.15, 0.2) is 5.82 Å². The molecular formula is C10H9FN4S. The molecule has 3 rings (SSSR count). The highest BCUT2D eigenvalue weighted by Gasteiger charge is 2.22. The van der Waals surface area contributed by atoms with E-state index in [-0.39, 0.29) is 5.82 Å². The molecule has 2 aromatic heterocycles. The highest BCUT2D eigenvalue weighted by molar-refractivity contribution is 8.07. The molecule has 16 heavy (non-hydrogen) atoms. The molecule has 82 valence electrons. The van der Waals surface area contributed by atoms with Crippen LogP contribution in [0.3, 0.4) is 0 Å². The van der Waals surface area contributed by atoms with Crippen molar-refractivity contribution in [2.24, 2.45) is 0 Å². The smallest absolute Gasteiger partial charge is 0.161 e. The van der Waals surface area contributed by atoms with Crippen molar-refractivity contribution in [3.05, 3.63) is 42.1 Å². The molecule has 0 spiro atoms. The number of rotatable bonds is 3. The fraction of sp³-hybridized carbons (Fsp3) is 0.200. The largest absolute Gasteiger partial charge is 0.286 e. The highest BCUT2D eigenvalue weighted by atomic mass is 32.2. The topological polar surface area (TPSA) is 33.7 Å². The van der Waals surface area contributed by atoms with E-state index in [0.717, 1.165) is 11.7 Å². The fourth-order valence-corrected chi connectivity index (χ4v) is 1.84. The van der Waals surface area contributed by atoms with Crippen molar-refractivity contribution < 1.29 is 4.39 Å². The van der Waals surface area contributed by atoms with Crippen molar-refractivity contribution in [1.82, 2.24) is 14.8 Å². The number of pyridine rings is 1. The summed E-state index contributed by atoms with van der Waals surface area (Å²) in [6.07, 6.45) is 3.42. The van der Waals surface area contributed by atoms with Gasteiger partial charge in [0.25, 0.3) is 0 Å². The number of anilines is 1. The molecule has 0 bridgehead atoms. The van der Waals surface area contributed by atoms with Crippen molar-refractivity contribution in [2.45, 2.75) is 6.54 Å². The van der Waals surface area contributed by atoms with Gasteiger partial charge in [-0.05, 0) is 24.1 Å². The predicted molar refractivity (Wildman–Crippen MR) is 60.5 cm³/mol. The van der Waals surface area contributed by atoms with E-state index in [1.165, 1.54) is 6.07 Å². The van der Waals surface area contributed by atoms with Gasteiger partial charge in [0, 0.05) is 18.5 Å². The standard InChI is InChI=1S/C10H9FN4S/c11-8-2-1-4-12-9(8)6-14-5-3-10(13-14)15-7-16-15/h1-5H,6-7H2. The Bertz CT molecular complexity index is 509. The highest BCUT2D eigenvalue weighted by Crippen LogP contribution is 2.33. The second-order valence-electron chi connectivity index (χ2n) is 3.44. The normalized spacial score (nSPS) is 14.2. The minimum absolute atomic E-state index is 0.291. The summed E-state index contributed by atoms with van der Waals surface area (Å²) in [6.45, 7) is 0.366. The average molecular weight is 236 g/mol. The quantitative estimate of drug-likeness (QED) is 0.602. The van der Waals surface area contributed by atoms with Gasteiger partial charge in [-0.15, -0.1) is 0 Å². The minimum atomic E-state index is -0.291. The van der Waals surface area contributed by atoms with Crippen LogP contribution in [-0.4, -0.2) is 20.6 Å². The molecule has 0 aliphatic carbocycles. The van der Waals surface area contributed by atoms with E-state index in [0.29, 0.717) is 12.2 Å². The minimum Gasteiger partial charge on any atom is -0.286 e. The van der Waals surface area contributed by atoms with Crippen LogP contribution in [0.1, 0.15) is 5.69 Å². The molecule has 0 radical (unpaired) electrons. The maximum atomic E-state index is 13.3. The Hall–Kier alpha value is -1.56. The molecule has 0 saturated carbocycles. The lowest BCUT2D eigenvalue weighted by Gasteiger charge is -2.01.